The molecule has 1 atom stereocenters. The third-order valence-corrected chi connectivity index (χ3v) is 4.34. The number of rotatable bonds is 3. The molecule has 1 aromatic rings. The number of halogens is 1. The van der Waals surface area contributed by atoms with E-state index in [-0.39, 0.29) is 0 Å². The van der Waals surface area contributed by atoms with Crippen molar-refractivity contribution in [2.75, 3.05) is 13.1 Å². The second-order valence-corrected chi connectivity index (χ2v) is 5.24. The summed E-state index contributed by atoms with van der Waals surface area (Å²) in [5, 5.41) is 3.29. The fourth-order valence-electron chi connectivity index (χ4n) is 2.04. The zero-order valence-electron chi connectivity index (χ0n) is 9.08. The van der Waals surface area contributed by atoms with Gasteiger partial charge in [-0.2, -0.15) is 0 Å². The Morgan fingerprint density at radius 3 is 2.80 bits per heavy atom. The van der Waals surface area contributed by atoms with E-state index in [9.17, 15) is 0 Å². The smallest absolute Gasteiger partial charge is 0.110 e. The first-order valence-electron chi connectivity index (χ1n) is 5.55. The van der Waals surface area contributed by atoms with Gasteiger partial charge in [0.2, 0.25) is 0 Å². The molecule has 2 rings (SSSR count). The van der Waals surface area contributed by atoms with Crippen molar-refractivity contribution in [2.24, 2.45) is 0 Å². The van der Waals surface area contributed by atoms with Crippen LogP contribution in [0.3, 0.4) is 0 Å². The van der Waals surface area contributed by atoms with Crippen LogP contribution in [0.15, 0.2) is 5.38 Å². The number of nitrogens with zero attached hydrogens (tertiary/aromatic N) is 2. The van der Waals surface area contributed by atoms with Gasteiger partial charge in [0.05, 0.1) is 17.6 Å². The molecule has 0 aliphatic carbocycles. The van der Waals surface area contributed by atoms with Crippen molar-refractivity contribution in [2.45, 2.75) is 38.1 Å². The predicted molar refractivity (Wildman–Crippen MR) is 65.5 cm³/mol. The lowest BCUT2D eigenvalue weighted by atomic mass is 10.1. The van der Waals surface area contributed by atoms with Crippen LogP contribution in [-0.2, 0) is 5.88 Å². The van der Waals surface area contributed by atoms with E-state index in [0.29, 0.717) is 11.9 Å². The Balaban J connectivity index is 2.02. The molecule has 1 aromatic heterocycles. The molecule has 84 valence electrons. The maximum atomic E-state index is 5.76. The topological polar surface area (TPSA) is 16.1 Å². The first-order chi connectivity index (χ1) is 7.31. The molecule has 0 bridgehead atoms. The number of hydrogen-bond donors (Lipinski definition) is 0. The van der Waals surface area contributed by atoms with Gasteiger partial charge < -0.3 is 0 Å². The molecule has 2 heterocycles. The number of hydrogen-bond acceptors (Lipinski definition) is 3. The Hall–Kier alpha value is -0.120. The predicted octanol–water partition coefficient (Wildman–Crippen LogP) is 3.43. The van der Waals surface area contributed by atoms with Crippen LogP contribution in [0.4, 0.5) is 0 Å². The quantitative estimate of drug-likeness (QED) is 0.758. The van der Waals surface area contributed by atoms with Crippen molar-refractivity contribution in [3.63, 3.8) is 0 Å². The standard InChI is InChI=1S/C11H17ClN2S/c1-9(14-5-3-2-4-6-14)11-13-10(7-12)8-15-11/h8-9H,2-7H2,1H3. The molecule has 0 N–H and O–H groups in total. The third kappa shape index (κ3) is 2.71. The third-order valence-electron chi connectivity index (χ3n) is 3.00. The highest BCUT2D eigenvalue weighted by Crippen LogP contribution is 2.26. The van der Waals surface area contributed by atoms with Gasteiger partial charge in [0.25, 0.3) is 0 Å². The highest BCUT2D eigenvalue weighted by Gasteiger charge is 2.20. The van der Waals surface area contributed by atoms with Crippen LogP contribution < -0.4 is 0 Å². The number of aromatic nitrogens is 1. The maximum absolute atomic E-state index is 5.76. The largest absolute Gasteiger partial charge is 0.294 e. The summed E-state index contributed by atoms with van der Waals surface area (Å²) in [6.07, 6.45) is 4.05. The molecule has 0 amide bonds. The molecule has 0 spiro atoms. The molecule has 1 aliphatic heterocycles. The number of likely N-dealkylation sites (tertiary alicyclic amines) is 1. The van der Waals surface area contributed by atoms with E-state index in [1.165, 1.54) is 37.4 Å². The molecule has 15 heavy (non-hydrogen) atoms. The summed E-state index contributed by atoms with van der Waals surface area (Å²) in [4.78, 5) is 7.08. The average molecular weight is 245 g/mol. The van der Waals surface area contributed by atoms with Gasteiger partial charge in [0.15, 0.2) is 0 Å². The molecule has 1 fully saturated rings. The van der Waals surface area contributed by atoms with E-state index in [0.717, 1.165) is 5.69 Å². The summed E-state index contributed by atoms with van der Waals surface area (Å²) in [6.45, 7) is 4.69. The van der Waals surface area contributed by atoms with Crippen molar-refractivity contribution < 1.29 is 0 Å². The molecule has 0 aromatic carbocycles. The first kappa shape index (κ1) is 11.4. The minimum Gasteiger partial charge on any atom is -0.294 e. The average Bonchev–Trinajstić information content (AvgIpc) is 2.78. The Labute approximate surface area is 100 Å². The van der Waals surface area contributed by atoms with Crippen molar-refractivity contribution in [1.82, 2.24) is 9.88 Å². The molecular formula is C11H17ClN2S. The summed E-state index contributed by atoms with van der Waals surface area (Å²) in [5.74, 6) is 0.531. The van der Waals surface area contributed by atoms with Crippen LogP contribution >= 0.6 is 22.9 Å². The number of thiazole rings is 1. The minimum absolute atomic E-state index is 0.465. The fraction of sp³-hybridized carbons (Fsp3) is 0.727. The van der Waals surface area contributed by atoms with E-state index in [1.54, 1.807) is 11.3 Å². The van der Waals surface area contributed by atoms with Gasteiger partial charge in [0, 0.05) is 5.38 Å². The first-order valence-corrected chi connectivity index (χ1v) is 6.97. The fourth-order valence-corrected chi connectivity index (χ4v) is 3.17. The number of alkyl halides is 1. The van der Waals surface area contributed by atoms with E-state index < -0.39 is 0 Å². The molecule has 1 unspecified atom stereocenters. The highest BCUT2D eigenvalue weighted by atomic mass is 35.5. The normalized spacial score (nSPS) is 20.4. The second-order valence-electron chi connectivity index (χ2n) is 4.08. The molecule has 2 nitrogen and oxygen atoms in total. The molecule has 1 saturated heterocycles. The Morgan fingerprint density at radius 2 is 2.20 bits per heavy atom. The molecule has 0 saturated carbocycles. The molecule has 1 aliphatic rings. The lowest BCUT2D eigenvalue weighted by molar-refractivity contribution is 0.174. The summed E-state index contributed by atoms with van der Waals surface area (Å²) >= 11 is 7.50. The molecule has 4 heteroatoms. The Kier molecular flexibility index (Phi) is 4.00. The van der Waals surface area contributed by atoms with Crippen LogP contribution in [0, 0.1) is 0 Å². The highest BCUT2D eigenvalue weighted by molar-refractivity contribution is 7.09. The monoisotopic (exact) mass is 244 g/mol. The van der Waals surface area contributed by atoms with Gasteiger partial charge in [-0.15, -0.1) is 22.9 Å². The van der Waals surface area contributed by atoms with Gasteiger partial charge in [-0.25, -0.2) is 4.98 Å². The van der Waals surface area contributed by atoms with E-state index in [1.807, 2.05) is 0 Å². The summed E-state index contributed by atoms with van der Waals surface area (Å²) in [5.41, 5.74) is 1.01. The van der Waals surface area contributed by atoms with Gasteiger partial charge in [-0.1, -0.05) is 6.42 Å². The second kappa shape index (κ2) is 5.28. The van der Waals surface area contributed by atoms with E-state index in [2.05, 4.69) is 22.2 Å². The zero-order chi connectivity index (χ0) is 10.7. The molecular weight excluding hydrogens is 228 g/mol. The van der Waals surface area contributed by atoms with Crippen LogP contribution in [-0.4, -0.2) is 23.0 Å². The van der Waals surface area contributed by atoms with Crippen molar-refractivity contribution in [1.29, 1.82) is 0 Å². The lowest BCUT2D eigenvalue weighted by Crippen LogP contribution is -2.32. The van der Waals surface area contributed by atoms with E-state index >= 15 is 0 Å². The van der Waals surface area contributed by atoms with Gasteiger partial charge >= 0.3 is 0 Å². The summed E-state index contributed by atoms with van der Waals surface area (Å²) < 4.78 is 0. The van der Waals surface area contributed by atoms with Crippen LogP contribution in [0.1, 0.15) is 42.9 Å². The van der Waals surface area contributed by atoms with Gasteiger partial charge in [-0.3, -0.25) is 4.90 Å². The van der Waals surface area contributed by atoms with Crippen molar-refractivity contribution in [3.8, 4) is 0 Å². The van der Waals surface area contributed by atoms with Crippen LogP contribution in [0.5, 0.6) is 0 Å². The molecule has 0 radical (unpaired) electrons. The Bertz CT molecular complexity index is 307. The van der Waals surface area contributed by atoms with Crippen molar-refractivity contribution >= 4 is 22.9 Å². The van der Waals surface area contributed by atoms with E-state index in [4.69, 9.17) is 11.6 Å². The Morgan fingerprint density at radius 1 is 1.47 bits per heavy atom. The summed E-state index contributed by atoms with van der Waals surface area (Å²) in [7, 11) is 0. The van der Waals surface area contributed by atoms with Crippen LogP contribution in [0.25, 0.3) is 0 Å². The number of piperidine rings is 1. The van der Waals surface area contributed by atoms with Gasteiger partial charge in [-0.05, 0) is 32.9 Å². The minimum atomic E-state index is 0.465. The maximum Gasteiger partial charge on any atom is 0.110 e. The zero-order valence-corrected chi connectivity index (χ0v) is 10.7. The summed E-state index contributed by atoms with van der Waals surface area (Å²) in [6, 6.07) is 0.465. The van der Waals surface area contributed by atoms with Crippen LogP contribution in [0.2, 0.25) is 0 Å². The van der Waals surface area contributed by atoms with Crippen molar-refractivity contribution in [3.05, 3.63) is 16.1 Å². The van der Waals surface area contributed by atoms with Gasteiger partial charge in [0.1, 0.15) is 5.01 Å². The SMILES string of the molecule is CC(c1nc(CCl)cs1)N1CCCCC1. The lowest BCUT2D eigenvalue weighted by Gasteiger charge is -2.31.